The van der Waals surface area contributed by atoms with E-state index in [9.17, 15) is 4.39 Å². The van der Waals surface area contributed by atoms with Crippen LogP contribution in [0.15, 0.2) is 41.0 Å². The third-order valence-electron chi connectivity index (χ3n) is 2.54. The first-order valence-corrected chi connectivity index (χ1v) is 6.56. The second kappa shape index (κ2) is 5.67. The van der Waals surface area contributed by atoms with E-state index in [0.29, 0.717) is 10.7 Å². The minimum atomic E-state index is -0.244. The number of nitrogens with zero attached hydrogens (tertiary/aromatic N) is 1. The van der Waals surface area contributed by atoms with Crippen molar-refractivity contribution >= 4 is 33.2 Å². The van der Waals surface area contributed by atoms with Gasteiger partial charge in [-0.05, 0) is 31.2 Å². The molecule has 0 radical (unpaired) electrons. The van der Waals surface area contributed by atoms with Gasteiger partial charge in [0.25, 0.3) is 0 Å². The van der Waals surface area contributed by atoms with Gasteiger partial charge in [-0.25, -0.2) is 9.37 Å². The van der Waals surface area contributed by atoms with Crippen LogP contribution >= 0.6 is 27.5 Å². The van der Waals surface area contributed by atoms with Crippen molar-refractivity contribution in [2.45, 2.75) is 13.0 Å². The van der Waals surface area contributed by atoms with Crippen molar-refractivity contribution in [3.63, 3.8) is 0 Å². The quantitative estimate of drug-likeness (QED) is 0.817. The van der Waals surface area contributed by atoms with Gasteiger partial charge in [-0.15, -0.1) is 0 Å². The molecular formula is C13H11BrClFN2. The zero-order chi connectivity index (χ0) is 13.1. The Morgan fingerprint density at radius 1 is 1.33 bits per heavy atom. The highest BCUT2D eigenvalue weighted by Crippen LogP contribution is 2.24. The fourth-order valence-electron chi connectivity index (χ4n) is 1.64. The van der Waals surface area contributed by atoms with Gasteiger partial charge in [0.15, 0.2) is 0 Å². The van der Waals surface area contributed by atoms with Gasteiger partial charge >= 0.3 is 0 Å². The summed E-state index contributed by atoms with van der Waals surface area (Å²) >= 11 is 8.94. The van der Waals surface area contributed by atoms with Gasteiger partial charge in [-0.1, -0.05) is 33.6 Å². The van der Waals surface area contributed by atoms with E-state index in [1.807, 2.05) is 19.1 Å². The summed E-state index contributed by atoms with van der Waals surface area (Å²) in [5.41, 5.74) is 1.40. The van der Waals surface area contributed by atoms with E-state index in [1.165, 1.54) is 6.07 Å². The minimum absolute atomic E-state index is 0.152. The molecule has 2 aromatic rings. The predicted molar refractivity (Wildman–Crippen MR) is 75.4 cm³/mol. The first-order valence-electron chi connectivity index (χ1n) is 5.39. The highest BCUT2D eigenvalue weighted by molar-refractivity contribution is 9.10. The van der Waals surface area contributed by atoms with Crippen LogP contribution in [0.3, 0.4) is 0 Å². The van der Waals surface area contributed by atoms with Crippen LogP contribution in [-0.4, -0.2) is 4.98 Å². The third kappa shape index (κ3) is 3.21. The van der Waals surface area contributed by atoms with Gasteiger partial charge in [0.2, 0.25) is 0 Å². The summed E-state index contributed by atoms with van der Waals surface area (Å²) < 4.78 is 14.5. The number of halogens is 3. The zero-order valence-electron chi connectivity index (χ0n) is 9.62. The van der Waals surface area contributed by atoms with E-state index in [-0.39, 0.29) is 11.9 Å². The van der Waals surface area contributed by atoms with Crippen molar-refractivity contribution in [3.05, 3.63) is 57.5 Å². The molecule has 1 atom stereocenters. The molecule has 2 rings (SSSR count). The SMILES string of the molecule is CC(Nc1ccc(Cl)nc1)c1ccc(Br)cc1F. The highest BCUT2D eigenvalue weighted by Gasteiger charge is 2.11. The van der Waals surface area contributed by atoms with E-state index in [4.69, 9.17) is 11.6 Å². The van der Waals surface area contributed by atoms with Crippen LogP contribution < -0.4 is 5.32 Å². The molecule has 0 aliphatic heterocycles. The van der Waals surface area contributed by atoms with Crippen LogP contribution in [0.1, 0.15) is 18.5 Å². The van der Waals surface area contributed by atoms with Crippen molar-refractivity contribution in [3.8, 4) is 0 Å². The molecule has 0 saturated carbocycles. The smallest absolute Gasteiger partial charge is 0.129 e. The van der Waals surface area contributed by atoms with E-state index >= 15 is 0 Å². The lowest BCUT2D eigenvalue weighted by Crippen LogP contribution is -2.08. The molecule has 18 heavy (non-hydrogen) atoms. The second-order valence-electron chi connectivity index (χ2n) is 3.90. The summed E-state index contributed by atoms with van der Waals surface area (Å²) in [6, 6.07) is 8.36. The average Bonchev–Trinajstić information content (AvgIpc) is 2.32. The maximum absolute atomic E-state index is 13.8. The minimum Gasteiger partial charge on any atom is -0.377 e. The standard InChI is InChI=1S/C13H11BrClFN2/c1-8(11-4-2-9(14)6-12(11)16)18-10-3-5-13(15)17-7-10/h2-8,18H,1H3. The molecule has 0 spiro atoms. The average molecular weight is 330 g/mol. The Labute approximate surface area is 118 Å². The highest BCUT2D eigenvalue weighted by atomic mass is 79.9. The predicted octanol–water partition coefficient (Wildman–Crippen LogP) is 4.81. The Morgan fingerprint density at radius 3 is 2.72 bits per heavy atom. The van der Waals surface area contributed by atoms with E-state index in [2.05, 4.69) is 26.2 Å². The molecule has 0 aliphatic carbocycles. The van der Waals surface area contributed by atoms with Gasteiger partial charge < -0.3 is 5.32 Å². The molecule has 0 fully saturated rings. The maximum atomic E-state index is 13.8. The summed E-state index contributed by atoms with van der Waals surface area (Å²) in [5, 5.41) is 3.60. The Morgan fingerprint density at radius 2 is 2.11 bits per heavy atom. The summed E-state index contributed by atoms with van der Waals surface area (Å²) in [6.45, 7) is 1.89. The Balaban J connectivity index is 2.16. The number of nitrogens with one attached hydrogen (secondary N) is 1. The van der Waals surface area contributed by atoms with E-state index in [1.54, 1.807) is 18.3 Å². The molecule has 1 N–H and O–H groups in total. The van der Waals surface area contributed by atoms with E-state index in [0.717, 1.165) is 10.2 Å². The van der Waals surface area contributed by atoms with Gasteiger partial charge in [0.1, 0.15) is 11.0 Å². The largest absolute Gasteiger partial charge is 0.377 e. The fraction of sp³-hybridized carbons (Fsp3) is 0.154. The fourth-order valence-corrected chi connectivity index (χ4v) is 2.09. The lowest BCUT2D eigenvalue weighted by molar-refractivity contribution is 0.599. The van der Waals surface area contributed by atoms with Gasteiger partial charge in [-0.2, -0.15) is 0 Å². The molecule has 0 aliphatic rings. The number of hydrogen-bond donors (Lipinski definition) is 1. The third-order valence-corrected chi connectivity index (χ3v) is 3.26. The Hall–Kier alpha value is -1.13. The van der Waals surface area contributed by atoms with Crippen molar-refractivity contribution in [1.82, 2.24) is 4.98 Å². The molecule has 2 nitrogen and oxygen atoms in total. The molecule has 0 bridgehead atoms. The van der Waals surface area contributed by atoms with E-state index < -0.39 is 0 Å². The molecule has 1 unspecified atom stereocenters. The molecule has 94 valence electrons. The van der Waals surface area contributed by atoms with Crippen LogP contribution in [0, 0.1) is 5.82 Å². The maximum Gasteiger partial charge on any atom is 0.129 e. The molecule has 1 aromatic heterocycles. The number of anilines is 1. The van der Waals surface area contributed by atoms with Crippen molar-refractivity contribution in [1.29, 1.82) is 0 Å². The summed E-state index contributed by atoms with van der Waals surface area (Å²) in [6.07, 6.45) is 1.62. The lowest BCUT2D eigenvalue weighted by atomic mass is 10.1. The first-order chi connectivity index (χ1) is 8.56. The zero-order valence-corrected chi connectivity index (χ0v) is 12.0. The summed E-state index contributed by atoms with van der Waals surface area (Å²) in [4.78, 5) is 3.96. The summed E-state index contributed by atoms with van der Waals surface area (Å²) in [5.74, 6) is -0.244. The number of rotatable bonds is 3. The van der Waals surface area contributed by atoms with Crippen molar-refractivity contribution in [2.75, 3.05) is 5.32 Å². The second-order valence-corrected chi connectivity index (χ2v) is 5.20. The number of benzene rings is 1. The first kappa shape index (κ1) is 13.3. The van der Waals surface area contributed by atoms with Gasteiger partial charge in [-0.3, -0.25) is 0 Å². The van der Waals surface area contributed by atoms with Crippen LogP contribution in [0.5, 0.6) is 0 Å². The monoisotopic (exact) mass is 328 g/mol. The topological polar surface area (TPSA) is 24.9 Å². The summed E-state index contributed by atoms with van der Waals surface area (Å²) in [7, 11) is 0. The Kier molecular flexibility index (Phi) is 4.19. The molecule has 1 heterocycles. The lowest BCUT2D eigenvalue weighted by Gasteiger charge is -2.16. The van der Waals surface area contributed by atoms with Crippen LogP contribution in [0.25, 0.3) is 0 Å². The Bertz CT molecular complexity index is 545. The number of aromatic nitrogens is 1. The molecule has 5 heteroatoms. The van der Waals surface area contributed by atoms with Gasteiger partial charge in [0, 0.05) is 10.0 Å². The molecule has 0 saturated heterocycles. The number of hydrogen-bond acceptors (Lipinski definition) is 2. The van der Waals surface area contributed by atoms with Crippen LogP contribution in [0.4, 0.5) is 10.1 Å². The molecule has 0 amide bonds. The molecular weight excluding hydrogens is 319 g/mol. The number of pyridine rings is 1. The van der Waals surface area contributed by atoms with Crippen molar-refractivity contribution < 1.29 is 4.39 Å². The van der Waals surface area contributed by atoms with Crippen molar-refractivity contribution in [2.24, 2.45) is 0 Å². The molecule has 1 aromatic carbocycles. The normalized spacial score (nSPS) is 12.2. The van der Waals surface area contributed by atoms with Crippen LogP contribution in [-0.2, 0) is 0 Å². The van der Waals surface area contributed by atoms with Gasteiger partial charge in [0.05, 0.1) is 17.9 Å². The van der Waals surface area contributed by atoms with Crippen LogP contribution in [0.2, 0.25) is 5.15 Å².